The molecule has 5 nitrogen and oxygen atoms in total. The Bertz CT molecular complexity index is 1460. The van der Waals surface area contributed by atoms with Gasteiger partial charge in [0.2, 0.25) is 0 Å². The molecule has 0 aliphatic heterocycles. The molecule has 0 saturated heterocycles. The van der Waals surface area contributed by atoms with Gasteiger partial charge >= 0.3 is 0 Å². The molecule has 2 aromatic carbocycles. The number of hydrogen-bond acceptors (Lipinski definition) is 4. The van der Waals surface area contributed by atoms with Crippen molar-refractivity contribution in [3.63, 3.8) is 0 Å². The van der Waals surface area contributed by atoms with E-state index in [0.717, 1.165) is 18.5 Å². The van der Waals surface area contributed by atoms with Gasteiger partial charge in [-0.05, 0) is 56.4 Å². The molecule has 2 heterocycles. The van der Waals surface area contributed by atoms with E-state index < -0.39 is 17.3 Å². The number of hydrogen-bond donors (Lipinski definition) is 1. The largest absolute Gasteiger partial charge is 0.345 e. The highest BCUT2D eigenvalue weighted by molar-refractivity contribution is 7.12. The number of amides is 1. The molecule has 5 rings (SSSR count). The quantitative estimate of drug-likeness (QED) is 0.439. The van der Waals surface area contributed by atoms with E-state index in [4.69, 9.17) is 0 Å². The lowest BCUT2D eigenvalue weighted by Gasteiger charge is -2.21. The minimum atomic E-state index is -0.697. The molecule has 1 aliphatic carbocycles. The smallest absolute Gasteiger partial charge is 0.268 e. The van der Waals surface area contributed by atoms with Crippen molar-refractivity contribution >= 4 is 28.0 Å². The first-order valence-electron chi connectivity index (χ1n) is 10.7. The Balaban J connectivity index is 1.68. The topological polar surface area (TPSA) is 64.0 Å². The number of nitrogens with zero attached hydrogens (tertiary/aromatic N) is 2. The molecule has 0 radical (unpaired) electrons. The van der Waals surface area contributed by atoms with Crippen LogP contribution in [0.3, 0.4) is 0 Å². The predicted molar refractivity (Wildman–Crippen MR) is 124 cm³/mol. The Morgan fingerprint density at radius 3 is 2.61 bits per heavy atom. The zero-order chi connectivity index (χ0) is 23.3. The molecule has 4 aromatic rings. The van der Waals surface area contributed by atoms with E-state index in [1.54, 1.807) is 37.4 Å². The van der Waals surface area contributed by atoms with E-state index in [9.17, 15) is 18.4 Å². The molecule has 1 saturated carbocycles. The van der Waals surface area contributed by atoms with Crippen LogP contribution in [0.2, 0.25) is 0 Å². The minimum Gasteiger partial charge on any atom is -0.345 e. The number of carbonyl (C=O) groups excluding carboxylic acids is 1. The van der Waals surface area contributed by atoms with Gasteiger partial charge in [0.25, 0.3) is 11.5 Å². The third-order valence-electron chi connectivity index (χ3n) is 6.01. The van der Waals surface area contributed by atoms with Crippen LogP contribution in [0.5, 0.6) is 0 Å². The van der Waals surface area contributed by atoms with Gasteiger partial charge < -0.3 is 5.32 Å². The van der Waals surface area contributed by atoms with Crippen molar-refractivity contribution in [2.75, 3.05) is 0 Å². The van der Waals surface area contributed by atoms with Crippen molar-refractivity contribution < 1.29 is 13.6 Å². The molecular weight excluding hydrogens is 444 g/mol. The number of carbonyl (C=O) groups is 1. The fraction of sp³-hybridized carbons (Fsp3) is 0.240. The summed E-state index contributed by atoms with van der Waals surface area (Å²) in [6.45, 7) is 3.46. The van der Waals surface area contributed by atoms with Crippen LogP contribution >= 0.6 is 11.3 Å². The molecule has 1 N–H and O–H groups in total. The van der Waals surface area contributed by atoms with E-state index in [1.165, 1.54) is 40.2 Å². The average Bonchev–Trinajstić information content (AvgIpc) is 3.52. The number of aryl methyl sites for hydroxylation is 1. The van der Waals surface area contributed by atoms with Crippen molar-refractivity contribution in [1.29, 1.82) is 0 Å². The maximum Gasteiger partial charge on any atom is 0.268 e. The molecule has 0 bridgehead atoms. The summed E-state index contributed by atoms with van der Waals surface area (Å²) in [7, 11) is 0. The summed E-state index contributed by atoms with van der Waals surface area (Å²) in [5.74, 6) is -1.31. The summed E-state index contributed by atoms with van der Waals surface area (Å²) in [6.07, 6.45) is 1.85. The van der Waals surface area contributed by atoms with E-state index in [0.29, 0.717) is 16.4 Å². The van der Waals surface area contributed by atoms with Gasteiger partial charge in [-0.1, -0.05) is 24.3 Å². The molecule has 168 valence electrons. The Labute approximate surface area is 192 Å². The number of rotatable bonds is 5. The van der Waals surface area contributed by atoms with Crippen LogP contribution in [-0.4, -0.2) is 15.5 Å². The van der Waals surface area contributed by atoms with E-state index in [2.05, 4.69) is 10.3 Å². The summed E-state index contributed by atoms with van der Waals surface area (Å²) in [5, 5.41) is 5.28. The average molecular weight is 466 g/mol. The number of thiazole rings is 1. The normalized spacial score (nSPS) is 14.4. The molecule has 2 aromatic heterocycles. The van der Waals surface area contributed by atoms with Crippen LogP contribution in [0, 0.1) is 31.4 Å². The second-order valence-electron chi connectivity index (χ2n) is 8.38. The summed E-state index contributed by atoms with van der Waals surface area (Å²) in [5.41, 5.74) is 1.43. The van der Waals surface area contributed by atoms with Gasteiger partial charge in [-0.3, -0.25) is 14.2 Å². The summed E-state index contributed by atoms with van der Waals surface area (Å²) in [4.78, 5) is 31.3. The molecule has 1 fully saturated rings. The first-order valence-corrected chi connectivity index (χ1v) is 11.6. The van der Waals surface area contributed by atoms with Crippen molar-refractivity contribution in [3.05, 3.63) is 92.3 Å². The number of nitrogens with one attached hydrogen (secondary N) is 1. The van der Waals surface area contributed by atoms with E-state index in [-0.39, 0.29) is 34.1 Å². The van der Waals surface area contributed by atoms with Gasteiger partial charge in [-0.25, -0.2) is 13.8 Å². The van der Waals surface area contributed by atoms with Crippen LogP contribution in [0.25, 0.3) is 15.9 Å². The lowest BCUT2D eigenvalue weighted by molar-refractivity contribution is 0.0932. The molecular formula is C25H21F2N3O2S. The molecule has 33 heavy (non-hydrogen) atoms. The second kappa shape index (κ2) is 8.19. The molecule has 1 atom stereocenters. The Kier molecular flexibility index (Phi) is 5.32. The van der Waals surface area contributed by atoms with Gasteiger partial charge in [-0.2, -0.15) is 0 Å². The summed E-state index contributed by atoms with van der Waals surface area (Å²) >= 11 is 1.25. The number of halogens is 2. The van der Waals surface area contributed by atoms with Crippen molar-refractivity contribution in [2.45, 2.75) is 32.7 Å². The van der Waals surface area contributed by atoms with Gasteiger partial charge in [0.1, 0.15) is 11.6 Å². The molecule has 8 heteroatoms. The van der Waals surface area contributed by atoms with Crippen LogP contribution < -0.4 is 10.9 Å². The standard InChI is InChI=1S/C25H21F2N3O2S/c1-13-12-33-25(28-13)30-14(2)20(18-7-4-8-19(27)21(18)24(30)32)23(31)29-22(15-9-10-15)16-5-3-6-17(26)11-16/h3-8,11-12,15,22H,9-10H2,1-2H3,(H,29,31)/t22-/m0/s1. The number of benzene rings is 2. The fourth-order valence-electron chi connectivity index (χ4n) is 4.30. The second-order valence-corrected chi connectivity index (χ2v) is 9.21. The first-order chi connectivity index (χ1) is 15.8. The van der Waals surface area contributed by atoms with Crippen molar-refractivity contribution in [1.82, 2.24) is 14.9 Å². The summed E-state index contributed by atoms with van der Waals surface area (Å²) < 4.78 is 30.0. The molecule has 0 unspecified atom stereocenters. The fourth-order valence-corrected chi connectivity index (χ4v) is 5.15. The lowest BCUT2D eigenvalue weighted by Crippen LogP contribution is -2.33. The molecule has 1 aliphatic rings. The summed E-state index contributed by atoms with van der Waals surface area (Å²) in [6, 6.07) is 10.1. The molecule has 0 spiro atoms. The van der Waals surface area contributed by atoms with Gasteiger partial charge in [0.05, 0.1) is 22.7 Å². The maximum atomic E-state index is 14.8. The van der Waals surface area contributed by atoms with Gasteiger partial charge in [0.15, 0.2) is 5.13 Å². The third-order valence-corrected chi connectivity index (χ3v) is 6.95. The highest BCUT2D eigenvalue weighted by atomic mass is 32.1. The number of pyridine rings is 1. The maximum absolute atomic E-state index is 14.8. The van der Waals surface area contributed by atoms with Crippen molar-refractivity contribution in [2.24, 2.45) is 5.92 Å². The SMILES string of the molecule is Cc1csc(-n2c(C)c(C(=O)N[C@H](c3cccc(F)c3)C3CC3)c3cccc(F)c3c2=O)n1. The number of aromatic nitrogens is 2. The van der Waals surface area contributed by atoms with Crippen LogP contribution in [0.1, 0.15) is 46.2 Å². The first kappa shape index (κ1) is 21.5. The zero-order valence-electron chi connectivity index (χ0n) is 18.1. The van der Waals surface area contributed by atoms with Gasteiger partial charge in [0, 0.05) is 16.5 Å². The Morgan fingerprint density at radius 2 is 1.94 bits per heavy atom. The zero-order valence-corrected chi connectivity index (χ0v) is 18.9. The number of fused-ring (bicyclic) bond motifs is 1. The van der Waals surface area contributed by atoms with Crippen LogP contribution in [-0.2, 0) is 0 Å². The van der Waals surface area contributed by atoms with E-state index in [1.807, 2.05) is 0 Å². The van der Waals surface area contributed by atoms with Crippen LogP contribution in [0.4, 0.5) is 8.78 Å². The minimum absolute atomic E-state index is 0.158. The molecule has 1 amide bonds. The lowest BCUT2D eigenvalue weighted by atomic mass is 9.99. The Hall–Kier alpha value is -3.39. The monoisotopic (exact) mass is 465 g/mol. The highest BCUT2D eigenvalue weighted by Crippen LogP contribution is 2.41. The van der Waals surface area contributed by atoms with Gasteiger partial charge in [-0.15, -0.1) is 11.3 Å². The Morgan fingerprint density at radius 1 is 1.18 bits per heavy atom. The highest BCUT2D eigenvalue weighted by Gasteiger charge is 2.35. The third kappa shape index (κ3) is 3.84. The van der Waals surface area contributed by atoms with Crippen LogP contribution in [0.15, 0.2) is 52.6 Å². The van der Waals surface area contributed by atoms with E-state index >= 15 is 0 Å². The van der Waals surface area contributed by atoms with Crippen molar-refractivity contribution in [3.8, 4) is 5.13 Å². The predicted octanol–water partition coefficient (Wildman–Crippen LogP) is 5.22.